The van der Waals surface area contributed by atoms with Crippen LogP contribution in [0.1, 0.15) is 36.2 Å². The number of hydrogen-bond acceptors (Lipinski definition) is 5. The lowest BCUT2D eigenvalue weighted by Gasteiger charge is -2.19. The van der Waals surface area contributed by atoms with Crippen LogP contribution < -0.4 is 9.47 Å². The zero-order chi connectivity index (χ0) is 24.9. The third-order valence-corrected chi connectivity index (χ3v) is 5.09. The highest BCUT2D eigenvalue weighted by molar-refractivity contribution is 5.67. The van der Waals surface area contributed by atoms with E-state index in [4.69, 9.17) is 14.6 Å². The minimum Gasteiger partial charge on any atom is -0.497 e. The van der Waals surface area contributed by atoms with Crippen molar-refractivity contribution in [2.75, 3.05) is 7.11 Å². The normalized spacial score (nSPS) is 12.3. The van der Waals surface area contributed by atoms with E-state index in [1.807, 2.05) is 0 Å². The summed E-state index contributed by atoms with van der Waals surface area (Å²) in [5.74, 6) is -3.04. The Morgan fingerprint density at radius 3 is 2.59 bits per heavy atom. The molecule has 6 nitrogen and oxygen atoms in total. The monoisotopic (exact) mass is 478 g/mol. The Hall–Kier alpha value is -3.69. The highest BCUT2D eigenvalue weighted by Crippen LogP contribution is 2.38. The molecule has 0 spiro atoms. The summed E-state index contributed by atoms with van der Waals surface area (Å²) in [5.41, 5.74) is 0.0310. The molecule has 1 heterocycles. The topological polar surface area (TPSA) is 81.5 Å². The second-order valence-corrected chi connectivity index (χ2v) is 7.53. The van der Waals surface area contributed by atoms with Gasteiger partial charge in [0.2, 0.25) is 0 Å². The molecule has 0 aliphatic rings. The summed E-state index contributed by atoms with van der Waals surface area (Å²) in [6.45, 7) is 0.746. The van der Waals surface area contributed by atoms with Gasteiger partial charge in [0.15, 0.2) is 0 Å². The van der Waals surface area contributed by atoms with E-state index in [2.05, 4.69) is 9.97 Å². The smallest absolute Gasteiger partial charge is 0.397 e. The fourth-order valence-corrected chi connectivity index (χ4v) is 3.19. The molecular weight excluding hydrogens is 456 g/mol. The molecule has 0 saturated carbocycles. The summed E-state index contributed by atoms with van der Waals surface area (Å²) in [6.07, 6.45) is -3.14. The number of carboxylic acids is 1. The number of methoxy groups -OCH3 is 1. The largest absolute Gasteiger partial charge is 0.497 e. The summed E-state index contributed by atoms with van der Waals surface area (Å²) in [5, 5.41) is 8.82. The first-order chi connectivity index (χ1) is 16.1. The Morgan fingerprint density at radius 2 is 1.91 bits per heavy atom. The van der Waals surface area contributed by atoms with E-state index in [9.17, 15) is 22.4 Å². The average Bonchev–Trinajstić information content (AvgIpc) is 2.81. The predicted molar refractivity (Wildman–Crippen MR) is 115 cm³/mol. The van der Waals surface area contributed by atoms with Gasteiger partial charge in [-0.1, -0.05) is 12.1 Å². The third kappa shape index (κ3) is 6.21. The fourth-order valence-electron chi connectivity index (χ4n) is 3.19. The van der Waals surface area contributed by atoms with Crippen LogP contribution in [-0.4, -0.2) is 34.3 Å². The number of benzene rings is 2. The van der Waals surface area contributed by atoms with Gasteiger partial charge < -0.3 is 14.6 Å². The average molecular weight is 478 g/mol. The number of ether oxygens (including phenoxy) is 2. The van der Waals surface area contributed by atoms with Crippen LogP contribution in [-0.2, 0) is 17.8 Å². The maximum atomic E-state index is 14.5. The lowest BCUT2D eigenvalue weighted by atomic mass is 9.99. The van der Waals surface area contributed by atoms with E-state index < -0.39 is 29.6 Å². The van der Waals surface area contributed by atoms with Crippen molar-refractivity contribution in [3.05, 3.63) is 71.4 Å². The van der Waals surface area contributed by atoms with Crippen molar-refractivity contribution >= 4 is 5.97 Å². The highest BCUT2D eigenvalue weighted by atomic mass is 19.4. The van der Waals surface area contributed by atoms with Gasteiger partial charge in [0.25, 0.3) is 0 Å². The Bertz CT molecular complexity index is 1170. The van der Waals surface area contributed by atoms with Gasteiger partial charge in [0.1, 0.15) is 23.9 Å². The Balaban J connectivity index is 1.91. The molecule has 0 aliphatic carbocycles. The van der Waals surface area contributed by atoms with Crippen molar-refractivity contribution in [1.29, 1.82) is 0 Å². The van der Waals surface area contributed by atoms with Gasteiger partial charge in [0.05, 0.1) is 36.3 Å². The molecule has 0 bridgehead atoms. The highest BCUT2D eigenvalue weighted by Gasteiger charge is 2.40. The minimum atomic E-state index is -4.63. The van der Waals surface area contributed by atoms with Crippen LogP contribution in [0.25, 0.3) is 11.3 Å². The van der Waals surface area contributed by atoms with E-state index in [-0.39, 0.29) is 35.7 Å². The number of nitrogens with zero attached hydrogens (tertiary/aromatic N) is 2. The van der Waals surface area contributed by atoms with E-state index in [1.54, 1.807) is 24.3 Å². The summed E-state index contributed by atoms with van der Waals surface area (Å²) in [7, 11) is 1.36. The Labute approximate surface area is 193 Å². The number of aryl methyl sites for hydroxylation is 1. The molecule has 0 fully saturated rings. The van der Waals surface area contributed by atoms with Crippen molar-refractivity contribution in [2.24, 2.45) is 0 Å². The molecule has 34 heavy (non-hydrogen) atoms. The van der Waals surface area contributed by atoms with Gasteiger partial charge in [0, 0.05) is 12.0 Å². The predicted octanol–water partition coefficient (Wildman–Crippen LogP) is 5.55. The van der Waals surface area contributed by atoms with E-state index in [0.717, 1.165) is 18.6 Å². The summed E-state index contributed by atoms with van der Waals surface area (Å²) in [4.78, 5) is 19.0. The molecule has 1 unspecified atom stereocenters. The summed E-state index contributed by atoms with van der Waals surface area (Å²) < 4.78 is 65.9. The number of hydrogen-bond donors (Lipinski definition) is 1. The van der Waals surface area contributed by atoms with Crippen LogP contribution in [0.2, 0.25) is 0 Å². The standard InChI is InChI=1S/C24H22F4N2O4/c1-14(24(26,27)28)22-23(19-11-17(33-2)7-8-20(19)25)29-12-16(30-22)13-34-18-5-3-4-15(10-18)6-9-21(31)32/h3-5,7-8,10-12,14H,6,9,13H2,1-2H3,(H,31,32). The molecule has 0 aliphatic heterocycles. The first kappa shape index (κ1) is 24.9. The molecule has 0 saturated heterocycles. The number of halogens is 4. The molecular formula is C24H22F4N2O4. The van der Waals surface area contributed by atoms with Crippen molar-refractivity contribution in [3.63, 3.8) is 0 Å². The second kappa shape index (κ2) is 10.5. The number of aromatic nitrogens is 2. The van der Waals surface area contributed by atoms with E-state index in [1.165, 1.54) is 25.4 Å². The van der Waals surface area contributed by atoms with Crippen LogP contribution in [0.15, 0.2) is 48.7 Å². The van der Waals surface area contributed by atoms with Gasteiger partial charge in [-0.3, -0.25) is 9.78 Å². The molecule has 1 N–H and O–H groups in total. The lowest BCUT2D eigenvalue weighted by Crippen LogP contribution is -2.21. The lowest BCUT2D eigenvalue weighted by molar-refractivity contribution is -0.147. The van der Waals surface area contributed by atoms with Crippen molar-refractivity contribution in [1.82, 2.24) is 9.97 Å². The number of carboxylic acid groups (broad SMARTS) is 1. The van der Waals surface area contributed by atoms with Crippen molar-refractivity contribution < 1.29 is 36.9 Å². The molecule has 3 aromatic rings. The quantitative estimate of drug-likeness (QED) is 0.406. The van der Waals surface area contributed by atoms with Crippen LogP contribution >= 0.6 is 0 Å². The number of aliphatic carboxylic acids is 1. The zero-order valence-corrected chi connectivity index (χ0v) is 18.4. The first-order valence-electron chi connectivity index (χ1n) is 10.3. The third-order valence-electron chi connectivity index (χ3n) is 5.09. The number of carbonyl (C=O) groups is 1. The number of rotatable bonds is 9. The Morgan fingerprint density at radius 1 is 1.15 bits per heavy atom. The fraction of sp³-hybridized carbons (Fsp3) is 0.292. The molecule has 0 amide bonds. The van der Waals surface area contributed by atoms with Gasteiger partial charge in [-0.25, -0.2) is 9.37 Å². The van der Waals surface area contributed by atoms with Crippen LogP contribution in [0.3, 0.4) is 0 Å². The van der Waals surface area contributed by atoms with E-state index in [0.29, 0.717) is 12.2 Å². The molecule has 10 heteroatoms. The minimum absolute atomic E-state index is 0.0457. The summed E-state index contributed by atoms with van der Waals surface area (Å²) >= 11 is 0. The number of alkyl halides is 3. The van der Waals surface area contributed by atoms with Crippen LogP contribution in [0.4, 0.5) is 17.6 Å². The molecule has 180 valence electrons. The van der Waals surface area contributed by atoms with Gasteiger partial charge in [-0.2, -0.15) is 13.2 Å². The van der Waals surface area contributed by atoms with Crippen molar-refractivity contribution in [2.45, 2.75) is 38.5 Å². The van der Waals surface area contributed by atoms with Gasteiger partial charge in [-0.15, -0.1) is 0 Å². The van der Waals surface area contributed by atoms with E-state index >= 15 is 0 Å². The van der Waals surface area contributed by atoms with Crippen molar-refractivity contribution in [3.8, 4) is 22.8 Å². The molecule has 2 aromatic carbocycles. The molecule has 0 radical (unpaired) electrons. The van der Waals surface area contributed by atoms with Crippen LogP contribution in [0, 0.1) is 5.82 Å². The van der Waals surface area contributed by atoms with Crippen LogP contribution in [0.5, 0.6) is 11.5 Å². The zero-order valence-electron chi connectivity index (χ0n) is 18.4. The molecule has 3 rings (SSSR count). The second-order valence-electron chi connectivity index (χ2n) is 7.53. The van der Waals surface area contributed by atoms with Gasteiger partial charge >= 0.3 is 12.1 Å². The first-order valence-corrected chi connectivity index (χ1v) is 10.3. The van der Waals surface area contributed by atoms with Gasteiger partial charge in [-0.05, 0) is 49.2 Å². The molecule has 1 aromatic heterocycles. The maximum absolute atomic E-state index is 14.5. The SMILES string of the molecule is COc1ccc(F)c(-c2ncc(COc3cccc(CCC(=O)O)c3)nc2C(C)C(F)(F)F)c1. The summed E-state index contributed by atoms with van der Waals surface area (Å²) in [6, 6.07) is 10.4. The Kier molecular flexibility index (Phi) is 7.70. The maximum Gasteiger partial charge on any atom is 0.397 e. The molecule has 1 atom stereocenters.